The summed E-state index contributed by atoms with van der Waals surface area (Å²) in [6.07, 6.45) is 3.87. The standard InChI is InChI=1S/C17H17NO4S3/c1-2-8-22-14-5-3-12(4-6-14)10-15-16(19)18(17(23)24-15)13-7-9-25(20,21)11-13/h2-6,10,13H,1,7-9,11H2. The fourth-order valence-corrected chi connectivity index (χ4v) is 5.84. The van der Waals surface area contributed by atoms with Crippen LogP contribution in [0.25, 0.3) is 6.08 Å². The summed E-state index contributed by atoms with van der Waals surface area (Å²) in [7, 11) is -3.07. The van der Waals surface area contributed by atoms with Crippen molar-refractivity contribution in [3.05, 3.63) is 47.4 Å². The van der Waals surface area contributed by atoms with Crippen LogP contribution in [-0.4, -0.2) is 47.7 Å². The topological polar surface area (TPSA) is 63.7 Å². The van der Waals surface area contributed by atoms with Gasteiger partial charge in [-0.2, -0.15) is 0 Å². The van der Waals surface area contributed by atoms with E-state index >= 15 is 0 Å². The highest BCUT2D eigenvalue weighted by molar-refractivity contribution is 8.26. The number of nitrogens with zero attached hydrogens (tertiary/aromatic N) is 1. The highest BCUT2D eigenvalue weighted by Crippen LogP contribution is 2.36. The van der Waals surface area contributed by atoms with E-state index in [1.807, 2.05) is 24.3 Å². The zero-order valence-corrected chi connectivity index (χ0v) is 15.8. The van der Waals surface area contributed by atoms with Crippen molar-refractivity contribution in [2.24, 2.45) is 0 Å². The number of carbonyl (C=O) groups is 1. The van der Waals surface area contributed by atoms with Crippen molar-refractivity contribution in [3.63, 3.8) is 0 Å². The van der Waals surface area contributed by atoms with Crippen molar-refractivity contribution in [2.45, 2.75) is 12.5 Å². The SMILES string of the molecule is C=CCOc1ccc(C=C2SC(=S)N(C3CCS(=O)(=O)C3)C2=O)cc1. The number of rotatable bonds is 5. The number of amides is 1. The van der Waals surface area contributed by atoms with Crippen LogP contribution in [0.2, 0.25) is 0 Å². The first-order chi connectivity index (χ1) is 11.9. The second-order valence-corrected chi connectivity index (χ2v) is 9.68. The smallest absolute Gasteiger partial charge is 0.266 e. The Bertz CT molecular complexity index is 843. The Morgan fingerprint density at radius 2 is 2.08 bits per heavy atom. The maximum atomic E-state index is 12.6. The number of ether oxygens (including phenoxy) is 1. The van der Waals surface area contributed by atoms with Gasteiger partial charge in [0.25, 0.3) is 5.91 Å². The summed E-state index contributed by atoms with van der Waals surface area (Å²) in [5, 5.41) is 0. The maximum absolute atomic E-state index is 12.6. The van der Waals surface area contributed by atoms with E-state index in [4.69, 9.17) is 17.0 Å². The van der Waals surface area contributed by atoms with Crippen LogP contribution >= 0.6 is 24.0 Å². The van der Waals surface area contributed by atoms with Gasteiger partial charge >= 0.3 is 0 Å². The molecule has 2 fully saturated rings. The summed E-state index contributed by atoms with van der Waals surface area (Å²) < 4.78 is 29.2. The molecule has 0 bridgehead atoms. The Kier molecular flexibility index (Phi) is 5.31. The lowest BCUT2D eigenvalue weighted by atomic mass is 10.2. The quantitative estimate of drug-likeness (QED) is 0.434. The van der Waals surface area contributed by atoms with E-state index < -0.39 is 9.84 Å². The molecule has 2 aliphatic rings. The van der Waals surface area contributed by atoms with Crippen LogP contribution in [0.1, 0.15) is 12.0 Å². The molecule has 1 aromatic rings. The van der Waals surface area contributed by atoms with E-state index in [1.165, 1.54) is 16.7 Å². The van der Waals surface area contributed by atoms with Gasteiger partial charge in [0, 0.05) is 0 Å². The first-order valence-corrected chi connectivity index (χ1v) is 10.8. The summed E-state index contributed by atoms with van der Waals surface area (Å²) in [5.74, 6) is 0.604. The van der Waals surface area contributed by atoms with Crippen LogP contribution < -0.4 is 4.74 Å². The van der Waals surface area contributed by atoms with Crippen molar-refractivity contribution >= 4 is 50.1 Å². The number of benzene rings is 1. The van der Waals surface area contributed by atoms with Gasteiger partial charge in [0.15, 0.2) is 9.84 Å². The molecule has 0 aliphatic carbocycles. The monoisotopic (exact) mass is 395 g/mol. The third kappa shape index (κ3) is 4.13. The van der Waals surface area contributed by atoms with Gasteiger partial charge in [-0.05, 0) is 30.2 Å². The maximum Gasteiger partial charge on any atom is 0.266 e. The lowest BCUT2D eigenvalue weighted by Crippen LogP contribution is -2.39. The zero-order chi connectivity index (χ0) is 18.0. The minimum atomic E-state index is -3.07. The van der Waals surface area contributed by atoms with E-state index in [0.717, 1.165) is 11.3 Å². The second-order valence-electron chi connectivity index (χ2n) is 5.78. The summed E-state index contributed by atoms with van der Waals surface area (Å²) >= 11 is 6.51. The van der Waals surface area contributed by atoms with Gasteiger partial charge in [-0.1, -0.05) is 48.8 Å². The average molecular weight is 396 g/mol. The van der Waals surface area contributed by atoms with Gasteiger partial charge in [-0.25, -0.2) is 8.42 Å². The Hall–Kier alpha value is -1.64. The molecule has 0 N–H and O–H groups in total. The number of thiocarbonyl (C=S) groups is 1. The zero-order valence-electron chi connectivity index (χ0n) is 13.4. The van der Waals surface area contributed by atoms with Crippen molar-refractivity contribution in [3.8, 4) is 5.75 Å². The molecule has 5 nitrogen and oxygen atoms in total. The van der Waals surface area contributed by atoms with Gasteiger partial charge in [-0.15, -0.1) is 0 Å². The number of sulfone groups is 1. The van der Waals surface area contributed by atoms with Crippen LogP contribution in [0.15, 0.2) is 41.8 Å². The van der Waals surface area contributed by atoms with Gasteiger partial charge in [0.1, 0.15) is 16.7 Å². The minimum Gasteiger partial charge on any atom is -0.490 e. The Labute approximate surface area is 156 Å². The molecule has 0 radical (unpaired) electrons. The largest absolute Gasteiger partial charge is 0.490 e. The number of carbonyl (C=O) groups excluding carboxylic acids is 1. The third-order valence-corrected chi connectivity index (χ3v) is 7.02. The predicted octanol–water partition coefficient (Wildman–Crippen LogP) is 2.64. The molecule has 8 heteroatoms. The lowest BCUT2D eigenvalue weighted by molar-refractivity contribution is -0.123. The summed E-state index contributed by atoms with van der Waals surface area (Å²) in [4.78, 5) is 14.6. The van der Waals surface area contributed by atoms with E-state index in [2.05, 4.69) is 6.58 Å². The average Bonchev–Trinajstić information content (AvgIpc) is 3.05. The molecule has 1 atom stereocenters. The molecule has 132 valence electrons. The van der Waals surface area contributed by atoms with Crippen molar-refractivity contribution in [1.29, 1.82) is 0 Å². The van der Waals surface area contributed by atoms with Gasteiger partial charge in [-0.3, -0.25) is 9.69 Å². The van der Waals surface area contributed by atoms with Gasteiger partial charge in [0.2, 0.25) is 0 Å². The highest BCUT2D eigenvalue weighted by atomic mass is 32.2. The van der Waals surface area contributed by atoms with Crippen molar-refractivity contribution in [1.82, 2.24) is 4.90 Å². The fourth-order valence-electron chi connectivity index (χ4n) is 2.74. The van der Waals surface area contributed by atoms with E-state index in [-0.39, 0.29) is 23.5 Å². The minimum absolute atomic E-state index is 0.0118. The third-order valence-electron chi connectivity index (χ3n) is 3.94. The van der Waals surface area contributed by atoms with Crippen molar-refractivity contribution in [2.75, 3.05) is 18.1 Å². The van der Waals surface area contributed by atoms with Crippen LogP contribution in [0.5, 0.6) is 5.75 Å². The Morgan fingerprint density at radius 3 is 2.68 bits per heavy atom. The first kappa shape index (κ1) is 18.2. The normalized spacial score (nSPS) is 24.1. The first-order valence-electron chi connectivity index (χ1n) is 7.71. The Balaban J connectivity index is 1.75. The number of hydrogen-bond donors (Lipinski definition) is 0. The van der Waals surface area contributed by atoms with E-state index in [1.54, 1.807) is 12.2 Å². The van der Waals surface area contributed by atoms with E-state index in [9.17, 15) is 13.2 Å². The van der Waals surface area contributed by atoms with Gasteiger partial charge < -0.3 is 4.74 Å². The molecule has 2 aliphatic heterocycles. The Morgan fingerprint density at radius 1 is 1.36 bits per heavy atom. The second kappa shape index (κ2) is 7.31. The fraction of sp³-hybridized carbons (Fsp3) is 0.294. The highest BCUT2D eigenvalue weighted by Gasteiger charge is 2.42. The summed E-state index contributed by atoms with van der Waals surface area (Å²) in [5.41, 5.74) is 0.852. The van der Waals surface area contributed by atoms with Crippen LogP contribution in [0.3, 0.4) is 0 Å². The predicted molar refractivity (Wildman–Crippen MR) is 104 cm³/mol. The molecule has 1 unspecified atom stereocenters. The molecule has 0 saturated carbocycles. The summed E-state index contributed by atoms with van der Waals surface area (Å²) in [6.45, 7) is 4.03. The van der Waals surface area contributed by atoms with Gasteiger partial charge in [0.05, 0.1) is 22.5 Å². The molecule has 25 heavy (non-hydrogen) atoms. The molecular formula is C17H17NO4S3. The van der Waals surface area contributed by atoms with Crippen LogP contribution in [-0.2, 0) is 14.6 Å². The van der Waals surface area contributed by atoms with Crippen molar-refractivity contribution < 1.29 is 17.9 Å². The molecule has 0 aromatic heterocycles. The molecule has 2 saturated heterocycles. The van der Waals surface area contributed by atoms with Crippen LogP contribution in [0, 0.1) is 0 Å². The summed E-state index contributed by atoms with van der Waals surface area (Å²) in [6, 6.07) is 6.99. The molecule has 1 aromatic carbocycles. The molecule has 1 amide bonds. The molecule has 0 spiro atoms. The molecular weight excluding hydrogens is 378 g/mol. The molecule has 2 heterocycles. The number of thioether (sulfide) groups is 1. The lowest BCUT2D eigenvalue weighted by Gasteiger charge is -2.20. The number of hydrogen-bond acceptors (Lipinski definition) is 6. The van der Waals surface area contributed by atoms with Crippen LogP contribution in [0.4, 0.5) is 0 Å². The van der Waals surface area contributed by atoms with E-state index in [0.29, 0.717) is 22.3 Å². The molecule has 3 rings (SSSR count).